The second kappa shape index (κ2) is 5.81. The second-order valence-corrected chi connectivity index (χ2v) is 4.60. The molecular formula is C16H12ClO2. The van der Waals surface area contributed by atoms with Gasteiger partial charge >= 0.3 is 0 Å². The van der Waals surface area contributed by atoms with E-state index in [-0.39, 0.29) is 0 Å². The lowest BCUT2D eigenvalue weighted by Crippen LogP contribution is -2.04. The van der Waals surface area contributed by atoms with Gasteiger partial charge in [-0.3, -0.25) is 9.59 Å². The molecular weight excluding hydrogens is 260 g/mol. The van der Waals surface area contributed by atoms with Crippen molar-refractivity contribution in [3.05, 3.63) is 58.6 Å². The van der Waals surface area contributed by atoms with Crippen LogP contribution in [0.1, 0.15) is 22.8 Å². The lowest BCUT2D eigenvalue weighted by Gasteiger charge is -2.08. The van der Waals surface area contributed by atoms with Crippen LogP contribution in [0.4, 0.5) is 0 Å². The molecule has 2 aromatic rings. The molecule has 0 aromatic heterocycles. The Bertz CT molecular complexity index is 615. The van der Waals surface area contributed by atoms with E-state index in [2.05, 4.69) is 0 Å². The zero-order valence-electron chi connectivity index (χ0n) is 10.4. The van der Waals surface area contributed by atoms with Crippen LogP contribution in [0.5, 0.6) is 0 Å². The van der Waals surface area contributed by atoms with Crippen molar-refractivity contribution in [2.24, 2.45) is 0 Å². The third-order valence-corrected chi connectivity index (χ3v) is 3.26. The molecule has 0 heterocycles. The van der Waals surface area contributed by atoms with Crippen molar-refractivity contribution in [1.29, 1.82) is 0 Å². The highest BCUT2D eigenvalue weighted by Gasteiger charge is 2.12. The minimum absolute atomic E-state index is 0.421. The van der Waals surface area contributed by atoms with Crippen LogP contribution >= 0.6 is 11.6 Å². The van der Waals surface area contributed by atoms with Gasteiger partial charge in [-0.15, -0.1) is 0 Å². The molecule has 0 amide bonds. The highest BCUT2D eigenvalue weighted by molar-refractivity contribution is 6.34. The lowest BCUT2D eigenvalue weighted by atomic mass is 9.96. The maximum Gasteiger partial charge on any atom is 0.277 e. The Kier molecular flexibility index (Phi) is 4.13. The van der Waals surface area contributed by atoms with Gasteiger partial charge in [0, 0.05) is 10.6 Å². The molecule has 95 valence electrons. The zero-order valence-corrected chi connectivity index (χ0v) is 11.2. The molecule has 0 aliphatic rings. The molecule has 0 bridgehead atoms. The van der Waals surface area contributed by atoms with Gasteiger partial charge in [0.25, 0.3) is 6.29 Å². The quantitative estimate of drug-likeness (QED) is 0.625. The van der Waals surface area contributed by atoms with Gasteiger partial charge in [0.15, 0.2) is 0 Å². The monoisotopic (exact) mass is 271 g/mol. The molecule has 0 unspecified atom stereocenters. The number of Topliss-reactive ketones (excluding diaryl/α,β-unsaturated/α-hetero) is 1. The maximum absolute atomic E-state index is 11.6. The molecule has 2 nitrogen and oxygen atoms in total. The Morgan fingerprint density at radius 3 is 2.32 bits per heavy atom. The number of aryl methyl sites for hydroxylation is 1. The first-order valence-electron chi connectivity index (χ1n) is 5.97. The SMILES string of the molecule is CCc1ccc(-c2ccc(Cl)cc2)cc1C(=O)[C]=O. The average molecular weight is 272 g/mol. The van der Waals surface area contributed by atoms with E-state index in [4.69, 9.17) is 11.6 Å². The van der Waals surface area contributed by atoms with Crippen LogP contribution in [0.25, 0.3) is 11.1 Å². The van der Waals surface area contributed by atoms with E-state index in [1.54, 1.807) is 18.2 Å². The van der Waals surface area contributed by atoms with E-state index in [1.165, 1.54) is 6.29 Å². The summed E-state index contributed by atoms with van der Waals surface area (Å²) >= 11 is 5.85. The normalized spacial score (nSPS) is 10.2. The molecule has 0 saturated carbocycles. The summed E-state index contributed by atoms with van der Waals surface area (Å²) < 4.78 is 0. The third-order valence-electron chi connectivity index (χ3n) is 3.01. The first-order valence-corrected chi connectivity index (χ1v) is 6.35. The van der Waals surface area contributed by atoms with Gasteiger partial charge in [-0.1, -0.05) is 42.8 Å². The fourth-order valence-electron chi connectivity index (χ4n) is 1.97. The standard InChI is InChI=1S/C16H12ClO2/c1-2-11-3-4-13(9-15(11)16(19)10-18)12-5-7-14(17)8-6-12/h3-9H,2H2,1H3. The molecule has 0 aliphatic heterocycles. The second-order valence-electron chi connectivity index (χ2n) is 4.16. The Morgan fingerprint density at radius 1 is 1.11 bits per heavy atom. The van der Waals surface area contributed by atoms with Crippen LogP contribution in [0.15, 0.2) is 42.5 Å². The molecule has 0 N–H and O–H groups in total. The molecule has 3 heteroatoms. The Balaban J connectivity index is 2.51. The fourth-order valence-corrected chi connectivity index (χ4v) is 2.10. The minimum atomic E-state index is -0.604. The van der Waals surface area contributed by atoms with Crippen LogP contribution in [0.3, 0.4) is 0 Å². The predicted molar refractivity (Wildman–Crippen MR) is 76.3 cm³/mol. The fraction of sp³-hybridized carbons (Fsp3) is 0.125. The van der Waals surface area contributed by atoms with E-state index < -0.39 is 5.78 Å². The van der Waals surface area contributed by atoms with Gasteiger partial charge in [-0.05, 0) is 41.3 Å². The molecule has 19 heavy (non-hydrogen) atoms. The minimum Gasteiger partial charge on any atom is -0.285 e. The van der Waals surface area contributed by atoms with Crippen molar-refractivity contribution in [1.82, 2.24) is 0 Å². The summed E-state index contributed by atoms with van der Waals surface area (Å²) in [6.07, 6.45) is 2.13. The number of benzene rings is 2. The topological polar surface area (TPSA) is 34.1 Å². The smallest absolute Gasteiger partial charge is 0.277 e. The average Bonchev–Trinajstić information content (AvgIpc) is 2.46. The predicted octanol–water partition coefficient (Wildman–Crippen LogP) is 3.86. The first-order chi connectivity index (χ1) is 9.15. The number of hydrogen-bond acceptors (Lipinski definition) is 2. The zero-order chi connectivity index (χ0) is 13.8. The van der Waals surface area contributed by atoms with Crippen LogP contribution in [-0.4, -0.2) is 12.1 Å². The van der Waals surface area contributed by atoms with Crippen molar-refractivity contribution in [3.63, 3.8) is 0 Å². The van der Waals surface area contributed by atoms with E-state index in [0.29, 0.717) is 17.0 Å². The third kappa shape index (κ3) is 2.91. The molecule has 1 radical (unpaired) electrons. The molecule has 2 rings (SSSR count). The van der Waals surface area contributed by atoms with E-state index >= 15 is 0 Å². The summed E-state index contributed by atoms with van der Waals surface area (Å²) in [5.41, 5.74) is 3.11. The van der Waals surface area contributed by atoms with Crippen molar-refractivity contribution in [2.75, 3.05) is 0 Å². The first kappa shape index (κ1) is 13.5. The highest BCUT2D eigenvalue weighted by Crippen LogP contribution is 2.24. The van der Waals surface area contributed by atoms with Gasteiger partial charge in [-0.2, -0.15) is 0 Å². The molecule has 0 spiro atoms. The maximum atomic E-state index is 11.6. The Labute approximate surface area is 117 Å². The van der Waals surface area contributed by atoms with Gasteiger partial charge in [0.1, 0.15) is 0 Å². The van der Waals surface area contributed by atoms with Crippen LogP contribution in [-0.2, 0) is 11.2 Å². The van der Waals surface area contributed by atoms with Crippen LogP contribution in [0.2, 0.25) is 5.02 Å². The van der Waals surface area contributed by atoms with Crippen molar-refractivity contribution in [3.8, 4) is 11.1 Å². The van der Waals surface area contributed by atoms with E-state index in [0.717, 1.165) is 16.7 Å². The van der Waals surface area contributed by atoms with Gasteiger partial charge in [-0.25, -0.2) is 0 Å². The van der Waals surface area contributed by atoms with Crippen LogP contribution < -0.4 is 0 Å². The van der Waals surface area contributed by atoms with E-state index in [9.17, 15) is 9.59 Å². The Morgan fingerprint density at radius 2 is 1.74 bits per heavy atom. The Hall–Kier alpha value is -1.93. The molecule has 2 aromatic carbocycles. The highest BCUT2D eigenvalue weighted by atomic mass is 35.5. The summed E-state index contributed by atoms with van der Waals surface area (Å²) in [5.74, 6) is -0.604. The van der Waals surface area contributed by atoms with Gasteiger partial charge in [0.05, 0.1) is 0 Å². The van der Waals surface area contributed by atoms with E-state index in [1.807, 2.05) is 31.2 Å². The number of hydrogen-bond donors (Lipinski definition) is 0. The molecule has 0 aliphatic carbocycles. The number of halogens is 1. The van der Waals surface area contributed by atoms with Crippen molar-refractivity contribution in [2.45, 2.75) is 13.3 Å². The summed E-state index contributed by atoms with van der Waals surface area (Å²) in [6, 6.07) is 12.9. The lowest BCUT2D eigenvalue weighted by molar-refractivity contribution is 0.106. The molecule has 0 atom stereocenters. The van der Waals surface area contributed by atoms with Crippen molar-refractivity contribution >= 4 is 23.7 Å². The number of ketones is 1. The summed E-state index contributed by atoms with van der Waals surface area (Å²) in [5, 5.41) is 0.659. The largest absolute Gasteiger partial charge is 0.285 e. The van der Waals surface area contributed by atoms with Gasteiger partial charge in [0.2, 0.25) is 5.78 Å². The van der Waals surface area contributed by atoms with Crippen LogP contribution in [0, 0.1) is 0 Å². The number of carbonyl (C=O) groups is 1. The summed E-state index contributed by atoms with van der Waals surface area (Å²) in [6.45, 7) is 1.94. The number of carbonyl (C=O) groups excluding carboxylic acids is 2. The molecule has 0 fully saturated rings. The summed E-state index contributed by atoms with van der Waals surface area (Å²) in [4.78, 5) is 22.2. The number of rotatable bonds is 4. The van der Waals surface area contributed by atoms with Crippen molar-refractivity contribution < 1.29 is 9.59 Å². The molecule has 0 saturated heterocycles. The van der Waals surface area contributed by atoms with Gasteiger partial charge < -0.3 is 0 Å². The summed E-state index contributed by atoms with van der Waals surface area (Å²) in [7, 11) is 0.